The first-order valence-electron chi connectivity index (χ1n) is 10.4. The number of hydrogen-bond donors (Lipinski definition) is 3. The SMILES string of the molecule is CC(C)c1cccc(C(C)C)c1NC(=O)NS(=O)(=O)c1cncc(N2CCNCC2)n1. The lowest BCUT2D eigenvalue weighted by molar-refractivity contribution is 0.256. The number of sulfonamides is 1. The highest BCUT2D eigenvalue weighted by Gasteiger charge is 2.23. The summed E-state index contributed by atoms with van der Waals surface area (Å²) in [6.45, 7) is 11.1. The number of amides is 2. The number of carbonyl (C=O) groups excluding carboxylic acids is 1. The summed E-state index contributed by atoms with van der Waals surface area (Å²) in [6, 6.07) is 4.98. The molecule has 0 unspecified atom stereocenters. The van der Waals surface area contributed by atoms with Crippen molar-refractivity contribution in [2.75, 3.05) is 36.4 Å². The molecule has 2 heterocycles. The Labute approximate surface area is 183 Å². The molecule has 1 saturated heterocycles. The van der Waals surface area contributed by atoms with E-state index in [1.54, 1.807) is 0 Å². The van der Waals surface area contributed by atoms with Gasteiger partial charge in [0.1, 0.15) is 5.82 Å². The Bertz CT molecular complexity index is 1010. The summed E-state index contributed by atoms with van der Waals surface area (Å²) < 4.78 is 27.7. The molecule has 1 fully saturated rings. The number of anilines is 2. The fraction of sp³-hybridized carbons (Fsp3) is 0.476. The number of aromatic nitrogens is 2. The zero-order valence-electron chi connectivity index (χ0n) is 18.3. The van der Waals surface area contributed by atoms with E-state index in [1.807, 2.05) is 50.8 Å². The Morgan fingerprint density at radius 3 is 2.26 bits per heavy atom. The van der Waals surface area contributed by atoms with Gasteiger partial charge in [0.15, 0.2) is 5.03 Å². The zero-order chi connectivity index (χ0) is 22.6. The quantitative estimate of drug-likeness (QED) is 0.624. The molecule has 168 valence electrons. The summed E-state index contributed by atoms with van der Waals surface area (Å²) in [5.41, 5.74) is 2.53. The van der Waals surface area contributed by atoms with Gasteiger partial charge >= 0.3 is 6.03 Å². The largest absolute Gasteiger partial charge is 0.353 e. The van der Waals surface area contributed by atoms with Crippen LogP contribution in [0.25, 0.3) is 0 Å². The summed E-state index contributed by atoms with van der Waals surface area (Å²) in [5.74, 6) is 0.788. The average molecular weight is 447 g/mol. The Balaban J connectivity index is 1.81. The number of piperazine rings is 1. The van der Waals surface area contributed by atoms with Crippen molar-refractivity contribution in [2.24, 2.45) is 0 Å². The maximum Gasteiger partial charge on any atom is 0.333 e. The van der Waals surface area contributed by atoms with Crippen LogP contribution in [-0.2, 0) is 10.0 Å². The lowest BCUT2D eigenvalue weighted by Crippen LogP contribution is -2.44. The highest BCUT2D eigenvalue weighted by molar-refractivity contribution is 7.90. The van der Waals surface area contributed by atoms with E-state index in [1.165, 1.54) is 6.20 Å². The molecule has 0 radical (unpaired) electrons. The average Bonchev–Trinajstić information content (AvgIpc) is 2.74. The van der Waals surface area contributed by atoms with E-state index in [9.17, 15) is 13.2 Å². The first-order chi connectivity index (χ1) is 14.7. The van der Waals surface area contributed by atoms with Crippen molar-refractivity contribution in [3.63, 3.8) is 0 Å². The molecule has 2 aromatic rings. The van der Waals surface area contributed by atoms with Gasteiger partial charge in [-0.05, 0) is 23.0 Å². The van der Waals surface area contributed by atoms with Gasteiger partial charge in [0, 0.05) is 31.9 Å². The molecule has 2 amide bonds. The number of carbonyl (C=O) groups is 1. The van der Waals surface area contributed by atoms with Crippen LogP contribution in [-0.4, -0.2) is 50.6 Å². The molecular weight excluding hydrogens is 416 g/mol. The number of hydrogen-bond acceptors (Lipinski definition) is 7. The Morgan fingerprint density at radius 1 is 1.06 bits per heavy atom. The molecule has 0 aliphatic carbocycles. The van der Waals surface area contributed by atoms with Gasteiger partial charge in [0.25, 0.3) is 10.0 Å². The van der Waals surface area contributed by atoms with Crippen LogP contribution in [0.5, 0.6) is 0 Å². The molecule has 0 spiro atoms. The fourth-order valence-electron chi connectivity index (χ4n) is 3.52. The molecule has 0 saturated carbocycles. The third kappa shape index (κ3) is 5.50. The first-order valence-corrected chi connectivity index (χ1v) is 11.9. The molecule has 3 N–H and O–H groups in total. The standard InChI is InChI=1S/C21H30N6O3S/c1-14(2)16-6-5-7-17(15(3)4)20(16)25-21(28)26-31(29,30)19-13-23-12-18(24-19)27-10-8-22-9-11-27/h5-7,12-15,22H,8-11H2,1-4H3,(H2,25,26,28). The lowest BCUT2D eigenvalue weighted by atomic mass is 9.93. The lowest BCUT2D eigenvalue weighted by Gasteiger charge is -2.28. The molecular formula is C21H30N6O3S. The minimum absolute atomic E-state index is 0.159. The van der Waals surface area contributed by atoms with Crippen molar-refractivity contribution < 1.29 is 13.2 Å². The van der Waals surface area contributed by atoms with Crippen LogP contribution < -0.4 is 20.3 Å². The summed E-state index contributed by atoms with van der Waals surface area (Å²) >= 11 is 0. The van der Waals surface area contributed by atoms with Crippen LogP contribution >= 0.6 is 0 Å². The van der Waals surface area contributed by atoms with Crippen LogP contribution in [0.4, 0.5) is 16.3 Å². The van der Waals surface area contributed by atoms with Crippen LogP contribution in [0.15, 0.2) is 35.6 Å². The minimum Gasteiger partial charge on any atom is -0.353 e. The van der Waals surface area contributed by atoms with Crippen molar-refractivity contribution in [3.8, 4) is 0 Å². The van der Waals surface area contributed by atoms with Crippen LogP contribution in [0.1, 0.15) is 50.7 Å². The van der Waals surface area contributed by atoms with E-state index in [0.29, 0.717) is 24.6 Å². The summed E-state index contributed by atoms with van der Waals surface area (Å²) in [5, 5.41) is 5.69. The number of benzene rings is 1. The van der Waals surface area contributed by atoms with Gasteiger partial charge in [-0.15, -0.1) is 0 Å². The highest BCUT2D eigenvalue weighted by Crippen LogP contribution is 2.32. The maximum atomic E-state index is 12.8. The van der Waals surface area contributed by atoms with E-state index >= 15 is 0 Å². The Hall–Kier alpha value is -2.72. The molecule has 1 aromatic heterocycles. The fourth-order valence-corrected chi connectivity index (χ4v) is 4.34. The molecule has 1 aromatic carbocycles. The third-order valence-electron chi connectivity index (χ3n) is 5.15. The van der Waals surface area contributed by atoms with Crippen molar-refractivity contribution in [2.45, 2.75) is 44.6 Å². The van der Waals surface area contributed by atoms with Gasteiger partial charge in [-0.25, -0.2) is 14.5 Å². The monoisotopic (exact) mass is 446 g/mol. The minimum atomic E-state index is -4.18. The smallest absolute Gasteiger partial charge is 0.333 e. The van der Waals surface area contributed by atoms with Crippen LogP contribution in [0, 0.1) is 0 Å². The number of nitrogens with zero attached hydrogens (tertiary/aromatic N) is 3. The normalized spacial score (nSPS) is 14.7. The predicted molar refractivity (Wildman–Crippen MR) is 121 cm³/mol. The van der Waals surface area contributed by atoms with Crippen LogP contribution in [0.3, 0.4) is 0 Å². The number of urea groups is 1. The molecule has 9 nitrogen and oxygen atoms in total. The Morgan fingerprint density at radius 2 is 1.68 bits per heavy atom. The topological polar surface area (TPSA) is 116 Å². The summed E-state index contributed by atoms with van der Waals surface area (Å²) in [4.78, 5) is 22.9. The molecule has 1 aliphatic rings. The molecule has 3 rings (SSSR count). The summed E-state index contributed by atoms with van der Waals surface area (Å²) in [7, 11) is -4.18. The molecule has 10 heteroatoms. The zero-order valence-corrected chi connectivity index (χ0v) is 19.2. The van der Waals surface area contributed by atoms with Crippen molar-refractivity contribution in [1.29, 1.82) is 0 Å². The summed E-state index contributed by atoms with van der Waals surface area (Å²) in [6.07, 6.45) is 2.67. The second-order valence-electron chi connectivity index (χ2n) is 8.13. The highest BCUT2D eigenvalue weighted by atomic mass is 32.2. The number of para-hydroxylation sites is 1. The van der Waals surface area contributed by atoms with E-state index in [2.05, 4.69) is 25.3 Å². The van der Waals surface area contributed by atoms with E-state index in [4.69, 9.17) is 0 Å². The van der Waals surface area contributed by atoms with E-state index in [-0.39, 0.29) is 16.9 Å². The molecule has 1 aliphatic heterocycles. The molecule has 0 atom stereocenters. The second kappa shape index (κ2) is 9.61. The van der Waals surface area contributed by atoms with Crippen LogP contribution in [0.2, 0.25) is 0 Å². The van der Waals surface area contributed by atoms with Crippen molar-refractivity contribution in [1.82, 2.24) is 20.0 Å². The maximum absolute atomic E-state index is 12.8. The Kier molecular flexibility index (Phi) is 7.11. The number of rotatable bonds is 6. The van der Waals surface area contributed by atoms with Gasteiger partial charge in [0.2, 0.25) is 0 Å². The molecule has 0 bridgehead atoms. The van der Waals surface area contributed by atoms with Gasteiger partial charge in [-0.1, -0.05) is 45.9 Å². The first kappa shape index (κ1) is 23.0. The van der Waals surface area contributed by atoms with E-state index < -0.39 is 16.1 Å². The third-order valence-corrected chi connectivity index (χ3v) is 6.36. The van der Waals surface area contributed by atoms with Gasteiger partial charge < -0.3 is 15.5 Å². The predicted octanol–water partition coefficient (Wildman–Crippen LogP) is 2.64. The number of nitrogens with one attached hydrogen (secondary N) is 3. The molecule has 31 heavy (non-hydrogen) atoms. The van der Waals surface area contributed by atoms with E-state index in [0.717, 1.165) is 30.4 Å². The van der Waals surface area contributed by atoms with Gasteiger partial charge in [-0.3, -0.25) is 4.98 Å². The van der Waals surface area contributed by atoms with Crippen molar-refractivity contribution in [3.05, 3.63) is 41.7 Å². The van der Waals surface area contributed by atoms with Gasteiger partial charge in [-0.2, -0.15) is 8.42 Å². The van der Waals surface area contributed by atoms with Gasteiger partial charge in [0.05, 0.1) is 12.4 Å². The second-order valence-corrected chi connectivity index (χ2v) is 9.76. The van der Waals surface area contributed by atoms with Crippen molar-refractivity contribution >= 4 is 27.6 Å².